The van der Waals surface area contributed by atoms with Crippen molar-refractivity contribution in [2.75, 3.05) is 10.6 Å². The highest BCUT2D eigenvalue weighted by atomic mass is 35.5. The Labute approximate surface area is 161 Å². The first-order chi connectivity index (χ1) is 12.5. The molecule has 1 aromatic carbocycles. The number of nitrogens with one attached hydrogen (secondary N) is 2. The Morgan fingerprint density at radius 1 is 1.38 bits per heavy atom. The van der Waals surface area contributed by atoms with Gasteiger partial charge in [-0.2, -0.15) is 4.98 Å². The Bertz CT molecular complexity index is 880. The number of allylic oxidation sites excluding steroid dienone is 1. The second-order valence-electron chi connectivity index (χ2n) is 6.93. The highest BCUT2D eigenvalue weighted by Gasteiger charge is 2.36. The van der Waals surface area contributed by atoms with Gasteiger partial charge in [-0.05, 0) is 49.3 Å². The Hall–Kier alpha value is -2.05. The number of carbonyl (C=O) groups excluding carboxylic acids is 1. The number of benzene rings is 1. The smallest absolute Gasteiger partial charge is 0.229 e. The second-order valence-corrected chi connectivity index (χ2v) is 8.43. The number of halogens is 1. The Kier molecular flexibility index (Phi) is 4.63. The molecular formula is C19H20ClN3O2S. The number of rotatable bonds is 5. The molecule has 1 amide bonds. The quantitative estimate of drug-likeness (QED) is 0.664. The summed E-state index contributed by atoms with van der Waals surface area (Å²) in [5, 5.41) is 17.6. The van der Waals surface area contributed by atoms with Gasteiger partial charge in [0.05, 0.1) is 11.3 Å². The maximum atomic E-state index is 12.3. The fraction of sp³-hybridized carbons (Fsp3) is 0.368. The summed E-state index contributed by atoms with van der Waals surface area (Å²) in [5.74, 6) is 0.929. The van der Waals surface area contributed by atoms with Crippen LogP contribution in [-0.2, 0) is 11.2 Å². The molecule has 2 aliphatic carbocycles. The lowest BCUT2D eigenvalue weighted by Crippen LogP contribution is -2.23. The minimum Gasteiger partial charge on any atom is -0.492 e. The maximum absolute atomic E-state index is 12.3. The van der Waals surface area contributed by atoms with E-state index in [4.69, 9.17) is 11.6 Å². The molecule has 2 aromatic rings. The molecule has 0 aliphatic heterocycles. The maximum Gasteiger partial charge on any atom is 0.229 e. The zero-order valence-corrected chi connectivity index (χ0v) is 15.9. The zero-order chi connectivity index (χ0) is 18.3. The first kappa shape index (κ1) is 17.4. The van der Waals surface area contributed by atoms with Gasteiger partial charge >= 0.3 is 0 Å². The van der Waals surface area contributed by atoms with Crippen LogP contribution in [0.5, 0.6) is 5.88 Å². The van der Waals surface area contributed by atoms with Crippen molar-refractivity contribution in [3.63, 3.8) is 0 Å². The highest BCUT2D eigenvalue weighted by Crippen LogP contribution is 2.41. The van der Waals surface area contributed by atoms with Crippen molar-refractivity contribution in [3.05, 3.63) is 45.8 Å². The van der Waals surface area contributed by atoms with E-state index in [1.165, 1.54) is 17.8 Å². The van der Waals surface area contributed by atoms with Crippen LogP contribution in [0.3, 0.4) is 0 Å². The summed E-state index contributed by atoms with van der Waals surface area (Å²) in [5.41, 5.74) is 1.50. The molecule has 1 heterocycles. The Balaban J connectivity index is 1.40. The molecule has 3 unspecified atom stereocenters. The number of nitrogens with zero attached hydrogens (tertiary/aromatic N) is 1. The summed E-state index contributed by atoms with van der Waals surface area (Å²) in [4.78, 5) is 17.1. The summed E-state index contributed by atoms with van der Waals surface area (Å²) >= 11 is 7.42. The van der Waals surface area contributed by atoms with Crippen molar-refractivity contribution in [2.24, 2.45) is 11.8 Å². The number of thiazole rings is 1. The fourth-order valence-electron chi connectivity index (χ4n) is 3.71. The van der Waals surface area contributed by atoms with Crippen molar-refractivity contribution in [1.29, 1.82) is 0 Å². The van der Waals surface area contributed by atoms with Crippen LogP contribution in [-0.4, -0.2) is 22.0 Å². The molecule has 2 aliphatic rings. The molecule has 136 valence electrons. The summed E-state index contributed by atoms with van der Waals surface area (Å²) in [6, 6.07) is 5.75. The van der Waals surface area contributed by atoms with E-state index in [2.05, 4.69) is 27.8 Å². The van der Waals surface area contributed by atoms with Gasteiger partial charge in [-0.3, -0.25) is 4.79 Å². The van der Waals surface area contributed by atoms with Crippen LogP contribution < -0.4 is 10.6 Å². The molecule has 1 aromatic heterocycles. The largest absolute Gasteiger partial charge is 0.492 e. The first-order valence-corrected chi connectivity index (χ1v) is 9.87. The minimum absolute atomic E-state index is 0.0748. The molecule has 0 spiro atoms. The molecular weight excluding hydrogens is 370 g/mol. The lowest BCUT2D eigenvalue weighted by molar-refractivity contribution is -0.115. The average Bonchev–Trinajstić information content (AvgIpc) is 3.29. The van der Waals surface area contributed by atoms with Gasteiger partial charge in [0.2, 0.25) is 11.8 Å². The summed E-state index contributed by atoms with van der Waals surface area (Å²) in [6.07, 6.45) is 6.93. The van der Waals surface area contributed by atoms with Crippen molar-refractivity contribution in [2.45, 2.75) is 32.2 Å². The summed E-state index contributed by atoms with van der Waals surface area (Å²) in [7, 11) is 0. The van der Waals surface area contributed by atoms with Gasteiger partial charge in [0.1, 0.15) is 0 Å². The molecule has 0 saturated heterocycles. The van der Waals surface area contributed by atoms with Crippen LogP contribution in [0.1, 0.15) is 23.3 Å². The molecule has 3 atom stereocenters. The van der Waals surface area contributed by atoms with Crippen molar-refractivity contribution >= 4 is 39.7 Å². The van der Waals surface area contributed by atoms with E-state index < -0.39 is 0 Å². The number of carbonyl (C=O) groups is 1. The van der Waals surface area contributed by atoms with E-state index in [-0.39, 0.29) is 18.2 Å². The molecule has 26 heavy (non-hydrogen) atoms. The summed E-state index contributed by atoms with van der Waals surface area (Å²) in [6.45, 7) is 1.86. The Morgan fingerprint density at radius 2 is 2.23 bits per heavy atom. The molecule has 2 bridgehead atoms. The molecule has 3 N–H and O–H groups in total. The van der Waals surface area contributed by atoms with Crippen molar-refractivity contribution in [3.8, 4) is 5.88 Å². The second kappa shape index (κ2) is 6.93. The number of anilines is 2. The van der Waals surface area contributed by atoms with Crippen LogP contribution in [0.25, 0.3) is 0 Å². The molecule has 1 saturated carbocycles. The lowest BCUT2D eigenvalue weighted by atomic mass is 10.0. The first-order valence-electron chi connectivity index (χ1n) is 8.68. The van der Waals surface area contributed by atoms with E-state index in [1.54, 1.807) is 18.2 Å². The number of hydrogen-bond acceptors (Lipinski definition) is 5. The van der Waals surface area contributed by atoms with Crippen LogP contribution in [0.2, 0.25) is 5.02 Å². The molecule has 4 rings (SSSR count). The lowest BCUT2D eigenvalue weighted by Gasteiger charge is -2.18. The third kappa shape index (κ3) is 3.44. The predicted molar refractivity (Wildman–Crippen MR) is 105 cm³/mol. The normalized spacial score (nSPS) is 23.4. The van der Waals surface area contributed by atoms with E-state index in [1.807, 2.05) is 6.92 Å². The van der Waals surface area contributed by atoms with E-state index in [0.717, 1.165) is 12.0 Å². The number of aromatic nitrogens is 1. The SMILES string of the molecule is Cc1c(Cl)cccc1NC(=O)Cc1sc(NC2CC3C=CC2C3)nc1O. The minimum atomic E-state index is -0.205. The topological polar surface area (TPSA) is 74.2 Å². The summed E-state index contributed by atoms with van der Waals surface area (Å²) < 4.78 is 0. The molecule has 0 radical (unpaired) electrons. The Morgan fingerprint density at radius 3 is 2.96 bits per heavy atom. The monoisotopic (exact) mass is 389 g/mol. The van der Waals surface area contributed by atoms with Crippen LogP contribution in [0.4, 0.5) is 10.8 Å². The van der Waals surface area contributed by atoms with Gasteiger partial charge < -0.3 is 15.7 Å². The third-order valence-electron chi connectivity index (χ3n) is 5.13. The predicted octanol–water partition coefficient (Wildman–Crippen LogP) is 4.37. The van der Waals surface area contributed by atoms with Crippen LogP contribution >= 0.6 is 22.9 Å². The van der Waals surface area contributed by atoms with Gasteiger partial charge in [0.25, 0.3) is 0 Å². The van der Waals surface area contributed by atoms with Crippen molar-refractivity contribution < 1.29 is 9.90 Å². The molecule has 7 heteroatoms. The van der Waals surface area contributed by atoms with Gasteiger partial charge in [0.15, 0.2) is 5.13 Å². The van der Waals surface area contributed by atoms with Gasteiger partial charge in [-0.1, -0.05) is 41.2 Å². The van der Waals surface area contributed by atoms with Gasteiger partial charge in [0, 0.05) is 16.8 Å². The van der Waals surface area contributed by atoms with Crippen LogP contribution in [0.15, 0.2) is 30.4 Å². The zero-order valence-electron chi connectivity index (χ0n) is 14.3. The van der Waals surface area contributed by atoms with E-state index in [9.17, 15) is 9.90 Å². The van der Waals surface area contributed by atoms with Crippen molar-refractivity contribution in [1.82, 2.24) is 4.98 Å². The number of aromatic hydroxyl groups is 1. The van der Waals surface area contributed by atoms with Crippen LogP contribution in [0, 0.1) is 18.8 Å². The van der Waals surface area contributed by atoms with E-state index >= 15 is 0 Å². The average molecular weight is 390 g/mol. The molecule has 1 fully saturated rings. The number of hydrogen-bond donors (Lipinski definition) is 3. The number of amides is 1. The standard InChI is InChI=1S/C19H20ClN3O2S/c1-10-13(20)3-2-4-14(10)21-17(24)9-16-18(25)23-19(26-16)22-15-8-11-5-6-12(15)7-11/h2-6,11-12,15,25H,7-9H2,1H3,(H,21,24)(H,22,23). The fourth-order valence-corrected chi connectivity index (χ4v) is 4.80. The van der Waals surface area contributed by atoms with E-state index in [0.29, 0.717) is 38.6 Å². The van der Waals surface area contributed by atoms with Gasteiger partial charge in [-0.25, -0.2) is 0 Å². The van der Waals surface area contributed by atoms with Gasteiger partial charge in [-0.15, -0.1) is 0 Å². The highest BCUT2D eigenvalue weighted by molar-refractivity contribution is 7.16. The third-order valence-corrected chi connectivity index (χ3v) is 6.51. The molecule has 5 nitrogen and oxygen atoms in total. The number of fused-ring (bicyclic) bond motifs is 2.